The summed E-state index contributed by atoms with van der Waals surface area (Å²) in [6.07, 6.45) is 4.79. The third-order valence-electron chi connectivity index (χ3n) is 8.10. The Labute approximate surface area is 219 Å². The van der Waals surface area contributed by atoms with Crippen LogP contribution in [0.4, 0.5) is 0 Å². The Morgan fingerprint density at radius 3 is 2.79 bits per heavy atom. The Kier molecular flexibility index (Phi) is 5.23. The van der Waals surface area contributed by atoms with Crippen molar-refractivity contribution in [3.8, 4) is 11.3 Å². The van der Waals surface area contributed by atoms with E-state index in [0.29, 0.717) is 18.5 Å². The molecule has 0 bridgehead atoms. The summed E-state index contributed by atoms with van der Waals surface area (Å²) in [5.41, 5.74) is 6.79. The van der Waals surface area contributed by atoms with Crippen LogP contribution >= 0.6 is 0 Å². The minimum atomic E-state index is -0.619. The van der Waals surface area contributed by atoms with Crippen molar-refractivity contribution in [2.45, 2.75) is 45.1 Å². The first-order valence-electron chi connectivity index (χ1n) is 13.0. The quantitative estimate of drug-likeness (QED) is 0.428. The van der Waals surface area contributed by atoms with Crippen molar-refractivity contribution in [2.24, 2.45) is 7.05 Å². The number of amides is 3. The SMILES string of the molecule is Cn1ccc2c(CN3CCn4cccc4C3)cc(-c3ccc4c(c3)CN(C3CCC(=O)NC3=O)C4=O)nc21. The molecule has 9 nitrogen and oxygen atoms in total. The number of nitrogens with one attached hydrogen (secondary N) is 1. The van der Waals surface area contributed by atoms with Crippen LogP contribution in [0.5, 0.6) is 0 Å². The highest BCUT2D eigenvalue weighted by Crippen LogP contribution is 2.33. The lowest BCUT2D eigenvalue weighted by molar-refractivity contribution is -0.136. The van der Waals surface area contributed by atoms with E-state index in [1.807, 2.05) is 36.0 Å². The van der Waals surface area contributed by atoms with Gasteiger partial charge in [-0.15, -0.1) is 0 Å². The van der Waals surface area contributed by atoms with Crippen LogP contribution in [-0.2, 0) is 42.8 Å². The number of carbonyl (C=O) groups excluding carboxylic acids is 3. The fourth-order valence-corrected chi connectivity index (χ4v) is 6.06. The summed E-state index contributed by atoms with van der Waals surface area (Å²) in [6.45, 7) is 4.07. The third kappa shape index (κ3) is 3.73. The topological polar surface area (TPSA) is 92.5 Å². The molecule has 9 heteroatoms. The molecule has 3 aliphatic heterocycles. The maximum Gasteiger partial charge on any atom is 0.255 e. The molecule has 1 fully saturated rings. The van der Waals surface area contributed by atoms with Gasteiger partial charge < -0.3 is 14.0 Å². The molecule has 1 N–H and O–H groups in total. The van der Waals surface area contributed by atoms with Crippen molar-refractivity contribution in [2.75, 3.05) is 6.54 Å². The highest BCUT2D eigenvalue weighted by molar-refractivity contribution is 6.05. The van der Waals surface area contributed by atoms with E-state index in [1.165, 1.54) is 11.3 Å². The number of rotatable bonds is 4. The molecule has 0 radical (unpaired) electrons. The van der Waals surface area contributed by atoms with Crippen molar-refractivity contribution in [1.82, 2.24) is 29.2 Å². The highest BCUT2D eigenvalue weighted by atomic mass is 16.2. The molecule has 0 aliphatic carbocycles. The molecule has 1 aromatic carbocycles. The summed E-state index contributed by atoms with van der Waals surface area (Å²) in [5.74, 6) is -0.843. The van der Waals surface area contributed by atoms with Gasteiger partial charge in [-0.25, -0.2) is 4.98 Å². The van der Waals surface area contributed by atoms with Crippen LogP contribution in [0.25, 0.3) is 22.3 Å². The molecule has 4 aromatic rings. The minimum Gasteiger partial charge on any atom is -0.349 e. The number of aromatic nitrogens is 3. The first-order valence-corrected chi connectivity index (χ1v) is 13.0. The van der Waals surface area contributed by atoms with E-state index in [2.05, 4.69) is 45.2 Å². The molecule has 1 atom stereocenters. The number of fused-ring (bicyclic) bond motifs is 3. The molecule has 6 heterocycles. The fourth-order valence-electron chi connectivity index (χ4n) is 6.06. The van der Waals surface area contributed by atoms with Crippen molar-refractivity contribution >= 4 is 28.8 Å². The van der Waals surface area contributed by atoms with Crippen molar-refractivity contribution < 1.29 is 14.4 Å². The number of nitrogens with zero attached hydrogens (tertiary/aromatic N) is 5. The van der Waals surface area contributed by atoms with Crippen LogP contribution in [0, 0.1) is 0 Å². The summed E-state index contributed by atoms with van der Waals surface area (Å²) in [7, 11) is 2.01. The number of benzene rings is 1. The predicted molar refractivity (Wildman–Crippen MR) is 141 cm³/mol. The van der Waals surface area contributed by atoms with Gasteiger partial charge in [0.15, 0.2) is 0 Å². The van der Waals surface area contributed by atoms with Crippen molar-refractivity contribution in [3.63, 3.8) is 0 Å². The monoisotopic (exact) mass is 508 g/mol. The van der Waals surface area contributed by atoms with E-state index in [4.69, 9.17) is 4.98 Å². The van der Waals surface area contributed by atoms with Crippen molar-refractivity contribution in [3.05, 3.63) is 77.2 Å². The lowest BCUT2D eigenvalue weighted by atomic mass is 10.0. The number of pyridine rings is 1. The Morgan fingerprint density at radius 2 is 1.92 bits per heavy atom. The molecular formula is C29H28N6O3. The lowest BCUT2D eigenvalue weighted by Gasteiger charge is -2.29. The van der Waals surface area contributed by atoms with Gasteiger partial charge in [-0.2, -0.15) is 0 Å². The van der Waals surface area contributed by atoms with Gasteiger partial charge in [-0.3, -0.25) is 24.6 Å². The van der Waals surface area contributed by atoms with Crippen molar-refractivity contribution in [1.29, 1.82) is 0 Å². The molecule has 3 aliphatic rings. The standard InChI is InChI=1S/C29H28N6O3/c1-32-10-8-22-20(15-33-11-12-34-9-2-3-21(34)17-33)14-24(30-27(22)32)18-4-5-23-19(13-18)16-35(29(23)38)25-6-7-26(36)31-28(25)37/h2-5,8-10,13-14,25H,6-7,11-12,15-17H2,1H3,(H,31,36,37). The van der Waals surface area contributed by atoms with Gasteiger partial charge in [0.2, 0.25) is 11.8 Å². The normalized spacial score (nSPS) is 19.7. The summed E-state index contributed by atoms with van der Waals surface area (Å²) >= 11 is 0. The van der Waals surface area contributed by atoms with Crippen LogP contribution in [0.2, 0.25) is 0 Å². The summed E-state index contributed by atoms with van der Waals surface area (Å²) in [4.78, 5) is 46.2. The van der Waals surface area contributed by atoms with Crippen LogP contribution in [0.15, 0.2) is 54.9 Å². The molecule has 192 valence electrons. The molecular weight excluding hydrogens is 480 g/mol. The van der Waals surface area contributed by atoms with Gasteiger partial charge in [-0.1, -0.05) is 6.07 Å². The maximum absolute atomic E-state index is 13.1. The van der Waals surface area contributed by atoms with Gasteiger partial charge in [-0.05, 0) is 53.9 Å². The second kappa shape index (κ2) is 8.66. The smallest absolute Gasteiger partial charge is 0.255 e. The lowest BCUT2D eigenvalue weighted by Crippen LogP contribution is -2.52. The van der Waals surface area contributed by atoms with Gasteiger partial charge in [0, 0.05) is 80.8 Å². The molecule has 3 amide bonds. The van der Waals surface area contributed by atoms with Gasteiger partial charge >= 0.3 is 0 Å². The second-order valence-electron chi connectivity index (χ2n) is 10.5. The molecule has 3 aromatic heterocycles. The van der Waals surface area contributed by atoms with E-state index >= 15 is 0 Å². The average molecular weight is 509 g/mol. The summed E-state index contributed by atoms with van der Waals surface area (Å²) in [6, 6.07) is 13.8. The maximum atomic E-state index is 13.1. The number of carbonyl (C=O) groups is 3. The first-order chi connectivity index (χ1) is 18.4. The van der Waals surface area contributed by atoms with E-state index in [0.717, 1.165) is 54.0 Å². The van der Waals surface area contributed by atoms with Gasteiger partial charge in [0.1, 0.15) is 11.7 Å². The van der Waals surface area contributed by atoms with Crippen LogP contribution in [-0.4, -0.2) is 54.2 Å². The van der Waals surface area contributed by atoms with E-state index in [9.17, 15) is 14.4 Å². The second-order valence-corrected chi connectivity index (χ2v) is 10.5. The number of piperidine rings is 1. The Morgan fingerprint density at radius 1 is 1.03 bits per heavy atom. The molecule has 1 unspecified atom stereocenters. The molecule has 38 heavy (non-hydrogen) atoms. The summed E-state index contributed by atoms with van der Waals surface area (Å²) in [5, 5.41) is 3.52. The highest BCUT2D eigenvalue weighted by Gasteiger charge is 2.39. The summed E-state index contributed by atoms with van der Waals surface area (Å²) < 4.78 is 4.36. The molecule has 0 spiro atoms. The number of aryl methyl sites for hydroxylation is 1. The Bertz CT molecular complexity index is 1630. The Balaban J connectivity index is 1.20. The number of hydrogen-bond donors (Lipinski definition) is 1. The molecule has 0 saturated carbocycles. The third-order valence-corrected chi connectivity index (χ3v) is 8.10. The zero-order valence-electron chi connectivity index (χ0n) is 21.2. The minimum absolute atomic E-state index is 0.164. The van der Waals surface area contributed by atoms with Crippen LogP contribution in [0.3, 0.4) is 0 Å². The number of hydrogen-bond acceptors (Lipinski definition) is 5. The first kappa shape index (κ1) is 22.9. The molecule has 7 rings (SSSR count). The average Bonchev–Trinajstić information content (AvgIpc) is 3.61. The van der Waals surface area contributed by atoms with E-state index < -0.39 is 11.9 Å². The predicted octanol–water partition coefficient (Wildman–Crippen LogP) is 2.82. The van der Waals surface area contributed by atoms with Gasteiger partial charge in [0.05, 0.1) is 5.69 Å². The van der Waals surface area contributed by atoms with Crippen LogP contribution in [0.1, 0.15) is 40.0 Å². The zero-order chi connectivity index (χ0) is 26.0. The number of imide groups is 1. The van der Waals surface area contributed by atoms with E-state index in [-0.39, 0.29) is 18.2 Å². The van der Waals surface area contributed by atoms with E-state index in [1.54, 1.807) is 4.90 Å². The Hall–Kier alpha value is -4.24. The fraction of sp³-hybridized carbons (Fsp3) is 0.310. The largest absolute Gasteiger partial charge is 0.349 e. The molecule has 1 saturated heterocycles. The van der Waals surface area contributed by atoms with Crippen LogP contribution < -0.4 is 5.32 Å². The zero-order valence-corrected chi connectivity index (χ0v) is 21.2. The van der Waals surface area contributed by atoms with Gasteiger partial charge in [0.25, 0.3) is 5.91 Å².